The van der Waals surface area contributed by atoms with E-state index in [1.807, 2.05) is 13.8 Å². The van der Waals surface area contributed by atoms with E-state index >= 15 is 0 Å². The van der Waals surface area contributed by atoms with Crippen LogP contribution in [0, 0.1) is 17.8 Å². The number of aliphatic hydroxyl groups excluding tert-OH is 1. The smallest absolute Gasteiger partial charge is 0.312 e. The Hall–Kier alpha value is -2.68. The van der Waals surface area contributed by atoms with E-state index in [1.54, 1.807) is 41.3 Å². The van der Waals surface area contributed by atoms with Crippen LogP contribution in [0.5, 0.6) is 0 Å². The van der Waals surface area contributed by atoms with Crippen LogP contribution in [0.15, 0.2) is 49.6 Å². The van der Waals surface area contributed by atoms with Gasteiger partial charge in [0.1, 0.15) is 11.6 Å². The van der Waals surface area contributed by atoms with E-state index in [0.717, 1.165) is 0 Å². The molecule has 9 heteroatoms. The number of amides is 2. The van der Waals surface area contributed by atoms with Gasteiger partial charge in [-0.1, -0.05) is 37.6 Å². The number of likely N-dealkylation sites (tertiary alicyclic amines) is 1. The maximum atomic E-state index is 14.4. The minimum atomic E-state index is -1.18. The number of hydrogen-bond donors (Lipinski definition) is 1. The van der Waals surface area contributed by atoms with Crippen LogP contribution in [0.2, 0.25) is 5.02 Å². The number of hydrogen-bond acceptors (Lipinski definition) is 6. The normalized spacial score (nSPS) is 28.3. The number of benzene rings is 1. The van der Waals surface area contributed by atoms with Gasteiger partial charge >= 0.3 is 5.97 Å². The van der Waals surface area contributed by atoms with Crippen LogP contribution in [-0.4, -0.2) is 71.3 Å². The molecule has 4 rings (SSSR count). The summed E-state index contributed by atoms with van der Waals surface area (Å²) in [5, 5.41) is 10.9. The predicted molar refractivity (Wildman–Crippen MR) is 145 cm³/mol. The Labute approximate surface area is 229 Å². The minimum Gasteiger partial charge on any atom is -0.465 e. The summed E-state index contributed by atoms with van der Waals surface area (Å²) in [6, 6.07) is 5.22. The van der Waals surface area contributed by atoms with Crippen molar-refractivity contribution in [2.24, 2.45) is 17.8 Å². The molecule has 2 bridgehead atoms. The highest BCUT2D eigenvalue weighted by Crippen LogP contribution is 2.59. The molecule has 3 aliphatic rings. The van der Waals surface area contributed by atoms with Gasteiger partial charge in [0.2, 0.25) is 5.91 Å². The number of allylic oxidation sites excluding steroid dienone is 1. The highest BCUT2D eigenvalue weighted by atomic mass is 35.5. The van der Waals surface area contributed by atoms with E-state index in [-0.39, 0.29) is 37.5 Å². The third-order valence-corrected chi connectivity index (χ3v) is 8.32. The van der Waals surface area contributed by atoms with Gasteiger partial charge in [0, 0.05) is 17.3 Å². The molecule has 0 aliphatic carbocycles. The zero-order valence-corrected chi connectivity index (χ0v) is 22.8. The van der Waals surface area contributed by atoms with Gasteiger partial charge in [0.25, 0.3) is 5.91 Å². The number of rotatable bonds is 12. The maximum absolute atomic E-state index is 14.4. The molecule has 8 nitrogen and oxygen atoms in total. The van der Waals surface area contributed by atoms with Gasteiger partial charge in [-0.15, -0.1) is 13.2 Å². The van der Waals surface area contributed by atoms with Gasteiger partial charge < -0.3 is 24.4 Å². The molecule has 1 spiro atoms. The van der Waals surface area contributed by atoms with Crippen molar-refractivity contribution < 1.29 is 29.0 Å². The number of fused-ring (bicyclic) bond motifs is 1. The van der Waals surface area contributed by atoms with Gasteiger partial charge in [-0.3, -0.25) is 14.4 Å². The first-order valence-corrected chi connectivity index (χ1v) is 13.7. The summed E-state index contributed by atoms with van der Waals surface area (Å²) in [5.41, 5.74) is -0.583. The molecule has 6 atom stereocenters. The summed E-state index contributed by atoms with van der Waals surface area (Å²) in [6.45, 7) is 11.4. The van der Waals surface area contributed by atoms with Crippen LogP contribution in [0.3, 0.4) is 0 Å². The second-order valence-corrected chi connectivity index (χ2v) is 11.0. The van der Waals surface area contributed by atoms with Crippen molar-refractivity contribution in [1.29, 1.82) is 0 Å². The van der Waals surface area contributed by atoms with Gasteiger partial charge in [-0.2, -0.15) is 0 Å². The van der Waals surface area contributed by atoms with Crippen LogP contribution in [-0.2, 0) is 23.9 Å². The molecule has 0 radical (unpaired) electrons. The molecule has 38 heavy (non-hydrogen) atoms. The Morgan fingerprint density at radius 1 is 1.29 bits per heavy atom. The SMILES string of the molecule is C=CCCCOC(=O)[C@@H]1[C@@H]2CCC3(O2)C(C(=O)N(CC=C)c2ccc(Cl)cc2)N([C@@H](CO)C(C)C)C(=O)[C@H]13. The average Bonchev–Trinajstić information content (AvgIpc) is 3.53. The monoisotopic (exact) mass is 544 g/mol. The molecule has 2 amide bonds. The van der Waals surface area contributed by atoms with Crippen molar-refractivity contribution in [2.75, 3.05) is 24.7 Å². The number of nitrogens with zero attached hydrogens (tertiary/aromatic N) is 2. The molecule has 2 unspecified atom stereocenters. The van der Waals surface area contributed by atoms with Gasteiger partial charge in [-0.05, 0) is 55.9 Å². The lowest BCUT2D eigenvalue weighted by Crippen LogP contribution is -2.59. The van der Waals surface area contributed by atoms with Crippen molar-refractivity contribution in [3.05, 3.63) is 54.6 Å². The van der Waals surface area contributed by atoms with E-state index in [9.17, 15) is 19.5 Å². The van der Waals surface area contributed by atoms with E-state index in [1.165, 1.54) is 4.90 Å². The first-order chi connectivity index (χ1) is 18.2. The second-order valence-electron chi connectivity index (χ2n) is 10.6. The molecule has 1 aromatic rings. The lowest BCUT2D eigenvalue weighted by Gasteiger charge is -2.40. The summed E-state index contributed by atoms with van der Waals surface area (Å²) in [4.78, 5) is 44.9. The largest absolute Gasteiger partial charge is 0.465 e. The summed E-state index contributed by atoms with van der Waals surface area (Å²) < 4.78 is 12.0. The van der Waals surface area contributed by atoms with E-state index in [2.05, 4.69) is 13.2 Å². The fourth-order valence-electron chi connectivity index (χ4n) is 6.33. The van der Waals surface area contributed by atoms with Crippen LogP contribution in [0.1, 0.15) is 39.5 Å². The zero-order chi connectivity index (χ0) is 27.6. The number of carbonyl (C=O) groups excluding carboxylic acids is 3. The third kappa shape index (κ3) is 4.78. The fraction of sp³-hybridized carbons (Fsp3) is 0.552. The van der Waals surface area contributed by atoms with E-state index < -0.39 is 41.6 Å². The summed E-state index contributed by atoms with van der Waals surface area (Å²) >= 11 is 6.09. The molecular formula is C29H37ClN2O6. The Morgan fingerprint density at radius 2 is 2.00 bits per heavy atom. The standard InChI is InChI=1S/C29H37ClN2O6/c1-5-7-8-16-37-28(36)23-22-13-14-29(38-22)24(23)26(34)32(21(17-33)18(3)4)25(29)27(35)31(15-6-2)20-11-9-19(30)10-12-20/h5-6,9-12,18,21-25,33H,1-2,7-8,13-17H2,3-4H3/t21-,22-,23+,24-,25?,29?/m0/s1. The number of aliphatic hydroxyl groups is 1. The number of esters is 1. The Morgan fingerprint density at radius 3 is 2.61 bits per heavy atom. The highest BCUT2D eigenvalue weighted by molar-refractivity contribution is 6.30. The van der Waals surface area contributed by atoms with Crippen molar-refractivity contribution in [3.63, 3.8) is 0 Å². The molecule has 0 saturated carbocycles. The molecule has 1 aromatic carbocycles. The number of anilines is 1. The topological polar surface area (TPSA) is 96.4 Å². The van der Waals surface area contributed by atoms with E-state index in [0.29, 0.717) is 36.4 Å². The quantitative estimate of drug-likeness (QED) is 0.244. The van der Waals surface area contributed by atoms with Crippen molar-refractivity contribution >= 4 is 35.1 Å². The lowest BCUT2D eigenvalue weighted by molar-refractivity contribution is -0.156. The van der Waals surface area contributed by atoms with Crippen LogP contribution < -0.4 is 4.90 Å². The molecule has 206 valence electrons. The summed E-state index contributed by atoms with van der Waals surface area (Å²) in [6.07, 6.45) is 5.23. The second kappa shape index (κ2) is 11.6. The number of carbonyl (C=O) groups is 3. The maximum Gasteiger partial charge on any atom is 0.312 e. The molecule has 3 aliphatic heterocycles. The van der Waals surface area contributed by atoms with Gasteiger partial charge in [0.15, 0.2) is 0 Å². The number of halogens is 1. The number of ether oxygens (including phenoxy) is 2. The molecular weight excluding hydrogens is 508 g/mol. The summed E-state index contributed by atoms with van der Waals surface area (Å²) in [5.74, 6) is -2.96. The third-order valence-electron chi connectivity index (χ3n) is 8.07. The molecule has 0 aromatic heterocycles. The fourth-order valence-corrected chi connectivity index (χ4v) is 6.46. The zero-order valence-electron chi connectivity index (χ0n) is 22.1. The molecule has 1 N–H and O–H groups in total. The molecule has 3 heterocycles. The van der Waals surface area contributed by atoms with Gasteiger partial charge in [-0.25, -0.2) is 0 Å². The van der Waals surface area contributed by atoms with E-state index in [4.69, 9.17) is 21.1 Å². The number of unbranched alkanes of at least 4 members (excludes halogenated alkanes) is 1. The minimum absolute atomic E-state index is 0.139. The Kier molecular flexibility index (Phi) is 8.65. The van der Waals surface area contributed by atoms with Crippen LogP contribution in [0.25, 0.3) is 0 Å². The highest BCUT2D eigenvalue weighted by Gasteiger charge is 2.75. The molecule has 3 fully saturated rings. The van der Waals surface area contributed by atoms with Crippen LogP contribution >= 0.6 is 11.6 Å². The van der Waals surface area contributed by atoms with Crippen LogP contribution in [0.4, 0.5) is 5.69 Å². The Balaban J connectivity index is 1.75. The average molecular weight is 545 g/mol. The van der Waals surface area contributed by atoms with Gasteiger partial charge in [0.05, 0.1) is 37.2 Å². The van der Waals surface area contributed by atoms with Crippen molar-refractivity contribution in [2.45, 2.75) is 63.3 Å². The first kappa shape index (κ1) is 28.3. The first-order valence-electron chi connectivity index (χ1n) is 13.3. The Bertz CT molecular complexity index is 1080. The summed E-state index contributed by atoms with van der Waals surface area (Å²) in [7, 11) is 0. The predicted octanol–water partition coefficient (Wildman–Crippen LogP) is 3.76. The van der Waals surface area contributed by atoms with Crippen molar-refractivity contribution in [3.8, 4) is 0 Å². The van der Waals surface area contributed by atoms with Crippen molar-refractivity contribution in [1.82, 2.24) is 4.90 Å². The molecule has 3 saturated heterocycles. The lowest BCUT2D eigenvalue weighted by atomic mass is 9.70.